The van der Waals surface area contributed by atoms with E-state index in [9.17, 15) is 4.39 Å². The number of likely N-dealkylation sites (tertiary alicyclic amines) is 1. The van der Waals surface area contributed by atoms with Crippen molar-refractivity contribution in [1.82, 2.24) is 14.9 Å². The van der Waals surface area contributed by atoms with E-state index >= 15 is 0 Å². The lowest BCUT2D eigenvalue weighted by atomic mass is 10.0. The second-order valence-corrected chi connectivity index (χ2v) is 6.90. The van der Waals surface area contributed by atoms with Gasteiger partial charge in [-0.1, -0.05) is 6.07 Å². The molecule has 26 heavy (non-hydrogen) atoms. The maximum absolute atomic E-state index is 13.3. The Morgan fingerprint density at radius 2 is 2.12 bits per heavy atom. The summed E-state index contributed by atoms with van der Waals surface area (Å²) in [6.07, 6.45) is 1.77. The number of aromatic nitrogens is 2. The van der Waals surface area contributed by atoms with Gasteiger partial charge in [0.25, 0.3) is 0 Å². The maximum atomic E-state index is 13.3. The van der Waals surface area contributed by atoms with Gasteiger partial charge in [0.1, 0.15) is 11.6 Å². The van der Waals surface area contributed by atoms with Gasteiger partial charge in [0, 0.05) is 42.3 Å². The van der Waals surface area contributed by atoms with E-state index in [2.05, 4.69) is 27.2 Å². The Balaban J connectivity index is 1.54. The molecule has 2 heterocycles. The van der Waals surface area contributed by atoms with Crippen molar-refractivity contribution in [3.63, 3.8) is 0 Å². The number of rotatable bonds is 5. The second kappa shape index (κ2) is 6.88. The van der Waals surface area contributed by atoms with Crippen LogP contribution in [-0.4, -0.2) is 41.6 Å². The number of hydrogen-bond acceptors (Lipinski definition) is 5. The predicted molar refractivity (Wildman–Crippen MR) is 100 cm³/mol. The monoisotopic (exact) mass is 352 g/mol. The number of benzene rings is 2. The minimum Gasteiger partial charge on any atom is -0.493 e. The molecule has 1 fully saturated rings. The number of nitrogens with zero attached hydrogens (tertiary/aromatic N) is 3. The number of aryl methyl sites for hydroxylation is 1. The van der Waals surface area contributed by atoms with E-state index in [0.29, 0.717) is 17.6 Å². The van der Waals surface area contributed by atoms with Gasteiger partial charge in [-0.05, 0) is 43.8 Å². The van der Waals surface area contributed by atoms with Crippen LogP contribution in [0.4, 0.5) is 16.0 Å². The average molecular weight is 352 g/mol. The van der Waals surface area contributed by atoms with Crippen LogP contribution in [0.1, 0.15) is 5.56 Å². The molecule has 0 radical (unpaired) electrons. The first-order valence-electron chi connectivity index (χ1n) is 8.68. The highest BCUT2D eigenvalue weighted by Gasteiger charge is 2.23. The summed E-state index contributed by atoms with van der Waals surface area (Å²) in [5.74, 6) is 1.57. The summed E-state index contributed by atoms with van der Waals surface area (Å²) >= 11 is 0. The Labute approximate surface area is 151 Å². The zero-order valence-corrected chi connectivity index (χ0v) is 14.9. The Bertz CT molecular complexity index is 940. The normalized spacial score (nSPS) is 15.0. The molecule has 134 valence electrons. The molecule has 3 aromatic rings. The van der Waals surface area contributed by atoms with Crippen molar-refractivity contribution >= 4 is 22.5 Å². The van der Waals surface area contributed by atoms with E-state index in [0.717, 1.165) is 41.9 Å². The average Bonchev–Trinajstić information content (AvgIpc) is 2.58. The fourth-order valence-electron chi connectivity index (χ4n) is 3.23. The van der Waals surface area contributed by atoms with Crippen LogP contribution in [0.5, 0.6) is 5.75 Å². The van der Waals surface area contributed by atoms with Gasteiger partial charge in [0.15, 0.2) is 0 Å². The van der Waals surface area contributed by atoms with E-state index in [1.807, 2.05) is 19.1 Å². The van der Waals surface area contributed by atoms with Crippen LogP contribution in [0, 0.1) is 18.7 Å². The summed E-state index contributed by atoms with van der Waals surface area (Å²) in [6, 6.07) is 10.2. The Kier molecular flexibility index (Phi) is 4.42. The third-order valence-electron chi connectivity index (χ3n) is 4.57. The van der Waals surface area contributed by atoms with Gasteiger partial charge >= 0.3 is 0 Å². The zero-order valence-electron chi connectivity index (χ0n) is 14.9. The lowest BCUT2D eigenvalue weighted by molar-refractivity contribution is 0.0855. The van der Waals surface area contributed by atoms with E-state index < -0.39 is 0 Å². The minimum atomic E-state index is -0.302. The van der Waals surface area contributed by atoms with Gasteiger partial charge in [-0.2, -0.15) is 0 Å². The third-order valence-corrected chi connectivity index (χ3v) is 4.57. The first-order chi connectivity index (χ1) is 12.6. The molecule has 5 nitrogen and oxygen atoms in total. The predicted octanol–water partition coefficient (Wildman–Crippen LogP) is 3.76. The van der Waals surface area contributed by atoms with Crippen LogP contribution in [0.2, 0.25) is 0 Å². The van der Waals surface area contributed by atoms with Gasteiger partial charge in [-0.3, -0.25) is 0 Å². The van der Waals surface area contributed by atoms with Crippen LogP contribution < -0.4 is 10.1 Å². The van der Waals surface area contributed by atoms with Crippen molar-refractivity contribution in [2.24, 2.45) is 5.92 Å². The number of anilines is 2. The van der Waals surface area contributed by atoms with Crippen molar-refractivity contribution in [3.8, 4) is 5.75 Å². The summed E-state index contributed by atoms with van der Waals surface area (Å²) in [7, 11) is 2.11. The molecule has 1 aromatic heterocycles. The number of ether oxygens (including phenoxy) is 1. The molecule has 0 bridgehead atoms. The lowest BCUT2D eigenvalue weighted by Gasteiger charge is -2.35. The Hall–Kier alpha value is -2.73. The van der Waals surface area contributed by atoms with Gasteiger partial charge in [0.05, 0.1) is 12.1 Å². The summed E-state index contributed by atoms with van der Waals surface area (Å²) < 4.78 is 19.3. The molecule has 0 amide bonds. The SMILES string of the molecule is Cc1cc2cnc(Nc3cccc(F)c3)nc2cc1OCC1CN(C)C1. The zero-order chi connectivity index (χ0) is 18.1. The first kappa shape index (κ1) is 16.7. The molecule has 0 saturated carbocycles. The maximum Gasteiger partial charge on any atom is 0.227 e. The fourth-order valence-corrected chi connectivity index (χ4v) is 3.23. The largest absolute Gasteiger partial charge is 0.493 e. The first-order valence-corrected chi connectivity index (χ1v) is 8.68. The molecule has 1 aliphatic heterocycles. The smallest absolute Gasteiger partial charge is 0.227 e. The van der Waals surface area contributed by atoms with Crippen LogP contribution in [0.3, 0.4) is 0 Å². The van der Waals surface area contributed by atoms with Crippen LogP contribution in [0.15, 0.2) is 42.6 Å². The van der Waals surface area contributed by atoms with E-state index in [1.54, 1.807) is 18.3 Å². The number of halogens is 1. The van der Waals surface area contributed by atoms with Gasteiger partial charge in [-0.15, -0.1) is 0 Å². The van der Waals surface area contributed by atoms with Crippen LogP contribution >= 0.6 is 0 Å². The van der Waals surface area contributed by atoms with Gasteiger partial charge in [-0.25, -0.2) is 14.4 Å². The number of nitrogens with one attached hydrogen (secondary N) is 1. The standard InChI is InChI=1S/C20H21FN4O/c1-13-6-15-9-22-20(23-17-5-3-4-16(21)7-17)24-18(15)8-19(13)26-12-14-10-25(2)11-14/h3-9,14H,10-12H2,1-2H3,(H,22,23,24). The van der Waals surface area contributed by atoms with Gasteiger partial charge in [0.2, 0.25) is 5.95 Å². The third kappa shape index (κ3) is 3.60. The van der Waals surface area contributed by atoms with Crippen molar-refractivity contribution in [2.75, 3.05) is 32.1 Å². The molecule has 1 N–H and O–H groups in total. The molecule has 4 rings (SSSR count). The molecular formula is C20H21FN4O. The van der Waals surface area contributed by atoms with Crippen LogP contribution in [-0.2, 0) is 0 Å². The summed E-state index contributed by atoms with van der Waals surface area (Å²) in [6.45, 7) is 4.91. The Morgan fingerprint density at radius 1 is 1.27 bits per heavy atom. The van der Waals surface area contributed by atoms with Crippen molar-refractivity contribution in [1.29, 1.82) is 0 Å². The molecule has 1 aliphatic rings. The molecule has 0 aliphatic carbocycles. The molecule has 0 spiro atoms. The minimum absolute atomic E-state index is 0.302. The lowest BCUT2D eigenvalue weighted by Crippen LogP contribution is -2.46. The highest BCUT2D eigenvalue weighted by molar-refractivity contribution is 5.81. The fraction of sp³-hybridized carbons (Fsp3) is 0.300. The highest BCUT2D eigenvalue weighted by Crippen LogP contribution is 2.26. The van der Waals surface area contributed by atoms with E-state index in [-0.39, 0.29) is 5.82 Å². The molecular weight excluding hydrogens is 331 g/mol. The van der Waals surface area contributed by atoms with Crippen molar-refractivity contribution < 1.29 is 9.13 Å². The Morgan fingerprint density at radius 3 is 2.88 bits per heavy atom. The van der Waals surface area contributed by atoms with Crippen molar-refractivity contribution in [2.45, 2.75) is 6.92 Å². The molecule has 6 heteroatoms. The van der Waals surface area contributed by atoms with E-state index in [1.165, 1.54) is 12.1 Å². The topological polar surface area (TPSA) is 50.3 Å². The number of fused-ring (bicyclic) bond motifs is 1. The second-order valence-electron chi connectivity index (χ2n) is 6.90. The van der Waals surface area contributed by atoms with Gasteiger partial charge < -0.3 is 15.0 Å². The van der Waals surface area contributed by atoms with Crippen molar-refractivity contribution in [3.05, 3.63) is 54.0 Å². The highest BCUT2D eigenvalue weighted by atomic mass is 19.1. The summed E-state index contributed by atoms with van der Waals surface area (Å²) in [5.41, 5.74) is 2.48. The summed E-state index contributed by atoms with van der Waals surface area (Å²) in [5, 5.41) is 3.98. The molecule has 2 aromatic carbocycles. The molecule has 1 saturated heterocycles. The van der Waals surface area contributed by atoms with E-state index in [4.69, 9.17) is 4.74 Å². The summed E-state index contributed by atoms with van der Waals surface area (Å²) in [4.78, 5) is 11.1. The number of hydrogen-bond donors (Lipinski definition) is 1. The molecule has 0 unspecified atom stereocenters. The van der Waals surface area contributed by atoms with Crippen LogP contribution in [0.25, 0.3) is 10.9 Å². The quantitative estimate of drug-likeness (QED) is 0.758. The molecule has 0 atom stereocenters.